The smallest absolute Gasteiger partial charge is 0.306 e. The van der Waals surface area contributed by atoms with Gasteiger partial charge >= 0.3 is 17.9 Å². The number of allylic oxidation sites excluding steroid dienone is 10. The summed E-state index contributed by atoms with van der Waals surface area (Å²) in [5.41, 5.74) is 0. The van der Waals surface area contributed by atoms with Gasteiger partial charge in [-0.1, -0.05) is 210 Å². The highest BCUT2D eigenvalue weighted by atomic mass is 16.6. The van der Waals surface area contributed by atoms with Crippen LogP contribution in [0.4, 0.5) is 0 Å². The molecule has 0 heterocycles. The topological polar surface area (TPSA) is 78.9 Å². The number of carbonyl (C=O) groups excluding carboxylic acids is 3. The Morgan fingerprint density at radius 2 is 0.639 bits per heavy atom. The van der Waals surface area contributed by atoms with E-state index < -0.39 is 6.10 Å². The quantitative estimate of drug-likeness (QED) is 0.0263. The normalized spacial score (nSPS) is 12.5. The minimum absolute atomic E-state index is 0.0885. The molecular weight excluding hydrogens is 757 g/mol. The molecule has 0 aromatic heterocycles. The zero-order valence-corrected chi connectivity index (χ0v) is 40.2. The Bertz CT molecular complexity index is 1120. The highest BCUT2D eigenvalue weighted by Gasteiger charge is 2.19. The van der Waals surface area contributed by atoms with Gasteiger partial charge in [-0.25, -0.2) is 0 Å². The maximum Gasteiger partial charge on any atom is 0.306 e. The summed E-state index contributed by atoms with van der Waals surface area (Å²) in [6, 6.07) is 0. The summed E-state index contributed by atoms with van der Waals surface area (Å²) in [6.45, 7) is 6.48. The first kappa shape index (κ1) is 58.1. The molecule has 0 saturated carbocycles. The fraction of sp³-hybridized carbons (Fsp3) is 0.764. The molecule has 0 spiro atoms. The van der Waals surface area contributed by atoms with E-state index in [-0.39, 0.29) is 31.1 Å². The molecule has 0 fully saturated rings. The third-order valence-corrected chi connectivity index (χ3v) is 11.0. The van der Waals surface area contributed by atoms with Gasteiger partial charge in [0.1, 0.15) is 13.2 Å². The molecule has 61 heavy (non-hydrogen) atoms. The Balaban J connectivity index is 4.37. The Labute approximate surface area is 377 Å². The number of carbonyl (C=O) groups is 3. The first-order valence-electron chi connectivity index (χ1n) is 25.8. The summed E-state index contributed by atoms with van der Waals surface area (Å²) in [4.78, 5) is 37.9. The van der Waals surface area contributed by atoms with Crippen molar-refractivity contribution in [3.8, 4) is 0 Å². The lowest BCUT2D eigenvalue weighted by Crippen LogP contribution is -2.30. The Hall–Kier alpha value is -2.89. The highest BCUT2D eigenvalue weighted by molar-refractivity contribution is 5.71. The van der Waals surface area contributed by atoms with Crippen LogP contribution in [-0.2, 0) is 28.6 Å². The molecule has 6 nitrogen and oxygen atoms in total. The highest BCUT2D eigenvalue weighted by Crippen LogP contribution is 2.14. The first-order chi connectivity index (χ1) is 30.0. The SMILES string of the molecule is CC/C=C\C/C=C\C/C=C\C/C=C\CCCCCC(=O)OC(COC(=O)CCCCCCC/C=C\CCCCCCCCCCC)COC(=O)CCCCCCCCCCC. The fourth-order valence-corrected chi connectivity index (χ4v) is 7.13. The van der Waals surface area contributed by atoms with Gasteiger partial charge < -0.3 is 14.2 Å². The van der Waals surface area contributed by atoms with Crippen molar-refractivity contribution in [2.75, 3.05) is 13.2 Å². The summed E-state index contributed by atoms with van der Waals surface area (Å²) >= 11 is 0. The number of esters is 3. The second kappa shape index (κ2) is 49.8. The lowest BCUT2D eigenvalue weighted by molar-refractivity contribution is -0.167. The number of unbranched alkanes of at least 4 members (excludes halogenated alkanes) is 25. The number of rotatable bonds is 46. The van der Waals surface area contributed by atoms with Gasteiger partial charge in [0, 0.05) is 19.3 Å². The molecule has 0 aliphatic carbocycles. The number of hydrogen-bond acceptors (Lipinski definition) is 6. The second-order valence-electron chi connectivity index (χ2n) is 17.1. The lowest BCUT2D eigenvalue weighted by atomic mass is 10.1. The van der Waals surface area contributed by atoms with E-state index in [9.17, 15) is 14.4 Å². The molecule has 0 aliphatic rings. The molecule has 0 N–H and O–H groups in total. The summed E-state index contributed by atoms with van der Waals surface area (Å²) < 4.78 is 16.7. The Kier molecular flexibility index (Phi) is 47.4. The van der Waals surface area contributed by atoms with Crippen molar-refractivity contribution in [2.24, 2.45) is 0 Å². The summed E-state index contributed by atoms with van der Waals surface area (Å²) in [5.74, 6) is -0.928. The van der Waals surface area contributed by atoms with Crippen LogP contribution >= 0.6 is 0 Å². The van der Waals surface area contributed by atoms with Gasteiger partial charge in [0.05, 0.1) is 0 Å². The van der Waals surface area contributed by atoms with E-state index >= 15 is 0 Å². The third kappa shape index (κ3) is 48.0. The molecule has 0 radical (unpaired) electrons. The van der Waals surface area contributed by atoms with E-state index in [2.05, 4.69) is 81.5 Å². The average molecular weight is 853 g/mol. The van der Waals surface area contributed by atoms with E-state index in [4.69, 9.17) is 14.2 Å². The van der Waals surface area contributed by atoms with Crippen LogP contribution in [0.1, 0.15) is 252 Å². The number of ether oxygens (including phenoxy) is 3. The van der Waals surface area contributed by atoms with E-state index in [0.29, 0.717) is 19.3 Å². The molecule has 0 aromatic rings. The summed E-state index contributed by atoms with van der Waals surface area (Å²) in [6.07, 6.45) is 60.7. The molecule has 0 saturated heterocycles. The predicted molar refractivity (Wildman–Crippen MR) is 261 cm³/mol. The van der Waals surface area contributed by atoms with E-state index in [1.807, 2.05) is 0 Å². The molecule has 0 bridgehead atoms. The largest absolute Gasteiger partial charge is 0.462 e. The van der Waals surface area contributed by atoms with Crippen molar-refractivity contribution in [1.29, 1.82) is 0 Å². The van der Waals surface area contributed by atoms with Crippen LogP contribution in [0, 0.1) is 0 Å². The molecule has 352 valence electrons. The Morgan fingerprint density at radius 1 is 0.344 bits per heavy atom. The lowest BCUT2D eigenvalue weighted by Gasteiger charge is -2.18. The third-order valence-electron chi connectivity index (χ3n) is 11.0. The van der Waals surface area contributed by atoms with Crippen LogP contribution in [0.5, 0.6) is 0 Å². The second-order valence-corrected chi connectivity index (χ2v) is 17.1. The van der Waals surface area contributed by atoms with Gasteiger partial charge in [-0.2, -0.15) is 0 Å². The molecule has 1 unspecified atom stereocenters. The molecule has 6 heteroatoms. The minimum Gasteiger partial charge on any atom is -0.462 e. The fourth-order valence-electron chi connectivity index (χ4n) is 7.13. The van der Waals surface area contributed by atoms with Crippen molar-refractivity contribution in [3.63, 3.8) is 0 Å². The van der Waals surface area contributed by atoms with Crippen molar-refractivity contribution >= 4 is 17.9 Å². The molecule has 0 aromatic carbocycles. The molecular formula is C55H96O6. The van der Waals surface area contributed by atoms with Crippen molar-refractivity contribution < 1.29 is 28.6 Å². The standard InChI is InChI=1S/C55H96O6/c1-4-7-10-13-16-19-21-23-25-27-28-30-31-33-36-39-42-45-48-54(57)60-51-52(50-59-53(56)47-44-41-38-35-18-15-12-9-6-3)61-55(58)49-46-43-40-37-34-32-29-26-24-22-20-17-14-11-8-5-2/h8,11,17,20,24,26,28,30,32,34,52H,4-7,9-10,12-16,18-19,21-23,25,27,29,31,33,35-51H2,1-3H3/b11-8-,20-17-,26-24-,30-28-,34-32-. The van der Waals surface area contributed by atoms with Gasteiger partial charge in [0.15, 0.2) is 6.10 Å². The van der Waals surface area contributed by atoms with Crippen LogP contribution in [0.25, 0.3) is 0 Å². The van der Waals surface area contributed by atoms with Crippen LogP contribution in [0.3, 0.4) is 0 Å². The Morgan fingerprint density at radius 3 is 1.03 bits per heavy atom. The summed E-state index contributed by atoms with van der Waals surface area (Å²) in [7, 11) is 0. The minimum atomic E-state index is -0.790. The number of hydrogen-bond donors (Lipinski definition) is 0. The summed E-state index contributed by atoms with van der Waals surface area (Å²) in [5, 5.41) is 0. The molecule has 1 atom stereocenters. The zero-order chi connectivity index (χ0) is 44.4. The monoisotopic (exact) mass is 853 g/mol. The molecule has 0 amide bonds. The van der Waals surface area contributed by atoms with Crippen LogP contribution in [0.15, 0.2) is 60.8 Å². The van der Waals surface area contributed by atoms with Crippen LogP contribution in [0.2, 0.25) is 0 Å². The first-order valence-corrected chi connectivity index (χ1v) is 25.8. The maximum absolute atomic E-state index is 12.8. The van der Waals surface area contributed by atoms with E-state index in [1.165, 1.54) is 116 Å². The van der Waals surface area contributed by atoms with Crippen molar-refractivity contribution in [3.05, 3.63) is 60.8 Å². The maximum atomic E-state index is 12.8. The van der Waals surface area contributed by atoms with Gasteiger partial charge in [-0.05, 0) is 83.5 Å². The van der Waals surface area contributed by atoms with Gasteiger partial charge in [-0.3, -0.25) is 14.4 Å². The van der Waals surface area contributed by atoms with Gasteiger partial charge in [0.25, 0.3) is 0 Å². The van der Waals surface area contributed by atoms with E-state index in [0.717, 1.165) is 96.3 Å². The predicted octanol–water partition coefficient (Wildman–Crippen LogP) is 16.9. The van der Waals surface area contributed by atoms with E-state index in [1.54, 1.807) is 0 Å². The zero-order valence-electron chi connectivity index (χ0n) is 40.2. The van der Waals surface area contributed by atoms with Gasteiger partial charge in [-0.15, -0.1) is 0 Å². The molecule has 0 aliphatic heterocycles. The average Bonchev–Trinajstić information content (AvgIpc) is 3.26. The van der Waals surface area contributed by atoms with Crippen molar-refractivity contribution in [1.82, 2.24) is 0 Å². The molecule has 0 rings (SSSR count). The van der Waals surface area contributed by atoms with Crippen molar-refractivity contribution in [2.45, 2.75) is 258 Å². The van der Waals surface area contributed by atoms with Gasteiger partial charge in [0.2, 0.25) is 0 Å². The van der Waals surface area contributed by atoms with Crippen LogP contribution < -0.4 is 0 Å². The van der Waals surface area contributed by atoms with Crippen LogP contribution in [-0.4, -0.2) is 37.2 Å².